The number of halogens is 2. The van der Waals surface area contributed by atoms with E-state index in [1.165, 1.54) is 5.56 Å². The maximum absolute atomic E-state index is 4.27. The van der Waals surface area contributed by atoms with Gasteiger partial charge in [-0.3, -0.25) is 0 Å². The second kappa shape index (κ2) is 4.49. The van der Waals surface area contributed by atoms with Gasteiger partial charge in [-0.05, 0) is 30.7 Å². The van der Waals surface area contributed by atoms with Crippen molar-refractivity contribution in [2.45, 2.75) is 12.3 Å². The Morgan fingerprint density at radius 1 is 1.33 bits per heavy atom. The van der Waals surface area contributed by atoms with Crippen molar-refractivity contribution in [3.8, 4) is 5.69 Å². The molecule has 2 rings (SSSR count). The zero-order chi connectivity index (χ0) is 10.8. The second-order valence-electron chi connectivity index (χ2n) is 3.39. The Kier molecular flexibility index (Phi) is 3.26. The maximum Gasteiger partial charge on any atom is 0.0995 e. The highest BCUT2D eigenvalue weighted by Crippen LogP contribution is 2.19. The minimum absolute atomic E-state index is 0.785. The summed E-state index contributed by atoms with van der Waals surface area (Å²) in [6, 6.07) is 6.29. The third-order valence-electron chi connectivity index (χ3n) is 2.10. The molecule has 0 N–H and O–H groups in total. The number of rotatable bonds is 2. The summed E-state index contributed by atoms with van der Waals surface area (Å²) in [5.74, 6) is 0. The van der Waals surface area contributed by atoms with Crippen LogP contribution in [-0.4, -0.2) is 9.55 Å². The summed E-state index contributed by atoms with van der Waals surface area (Å²) >= 11 is 6.88. The highest BCUT2D eigenvalue weighted by molar-refractivity contribution is 9.10. The van der Waals surface area contributed by atoms with E-state index in [2.05, 4.69) is 62.0 Å². The highest BCUT2D eigenvalue weighted by Gasteiger charge is 2.01. The summed E-state index contributed by atoms with van der Waals surface area (Å²) < 4.78 is 3.11. The second-order valence-corrected chi connectivity index (χ2v) is 4.87. The van der Waals surface area contributed by atoms with Crippen LogP contribution >= 0.6 is 31.9 Å². The molecule has 0 fully saturated rings. The normalized spacial score (nSPS) is 10.6. The Balaban J connectivity index is 2.44. The Labute approximate surface area is 106 Å². The number of benzene rings is 1. The smallest absolute Gasteiger partial charge is 0.0995 e. The molecule has 0 bridgehead atoms. The van der Waals surface area contributed by atoms with Crippen molar-refractivity contribution in [3.05, 3.63) is 46.5 Å². The standard InChI is InChI=1S/C11H10Br2N2/c1-8-2-9(13)4-11(3-8)15-6-10(5-12)14-7-15/h2-4,6-7H,5H2,1H3. The minimum atomic E-state index is 0.785. The van der Waals surface area contributed by atoms with Crippen LogP contribution in [0.25, 0.3) is 5.69 Å². The van der Waals surface area contributed by atoms with E-state index in [0.717, 1.165) is 21.2 Å². The quantitative estimate of drug-likeness (QED) is 0.765. The summed E-state index contributed by atoms with van der Waals surface area (Å²) in [5.41, 5.74) is 3.39. The summed E-state index contributed by atoms with van der Waals surface area (Å²) in [6.07, 6.45) is 3.85. The number of aromatic nitrogens is 2. The van der Waals surface area contributed by atoms with Gasteiger partial charge in [0.2, 0.25) is 0 Å². The molecule has 2 nitrogen and oxygen atoms in total. The predicted molar refractivity (Wildman–Crippen MR) is 68.6 cm³/mol. The summed E-state index contributed by atoms with van der Waals surface area (Å²) in [4.78, 5) is 4.27. The molecule has 0 aliphatic heterocycles. The van der Waals surface area contributed by atoms with E-state index in [1.54, 1.807) is 0 Å². The Bertz CT molecular complexity index is 457. The maximum atomic E-state index is 4.27. The lowest BCUT2D eigenvalue weighted by atomic mass is 10.2. The summed E-state index contributed by atoms with van der Waals surface area (Å²) in [6.45, 7) is 2.08. The molecular weight excluding hydrogens is 320 g/mol. The largest absolute Gasteiger partial charge is 0.306 e. The SMILES string of the molecule is Cc1cc(Br)cc(-n2cnc(CBr)c2)c1. The molecule has 2 aromatic rings. The van der Waals surface area contributed by atoms with Gasteiger partial charge in [-0.25, -0.2) is 4.98 Å². The van der Waals surface area contributed by atoms with Crippen molar-refractivity contribution in [3.63, 3.8) is 0 Å². The van der Waals surface area contributed by atoms with Gasteiger partial charge in [-0.2, -0.15) is 0 Å². The van der Waals surface area contributed by atoms with Gasteiger partial charge >= 0.3 is 0 Å². The van der Waals surface area contributed by atoms with Crippen molar-refractivity contribution >= 4 is 31.9 Å². The summed E-state index contributed by atoms with van der Waals surface area (Å²) in [7, 11) is 0. The van der Waals surface area contributed by atoms with E-state index in [1.807, 2.05) is 17.1 Å². The van der Waals surface area contributed by atoms with Gasteiger partial charge in [0.05, 0.1) is 12.0 Å². The van der Waals surface area contributed by atoms with Crippen LogP contribution < -0.4 is 0 Å². The lowest BCUT2D eigenvalue weighted by molar-refractivity contribution is 1.05. The van der Waals surface area contributed by atoms with Crippen molar-refractivity contribution in [1.29, 1.82) is 0 Å². The van der Waals surface area contributed by atoms with E-state index in [9.17, 15) is 0 Å². The van der Waals surface area contributed by atoms with Crippen LogP contribution in [0, 0.1) is 6.92 Å². The fourth-order valence-corrected chi connectivity index (χ4v) is 2.33. The number of nitrogens with zero attached hydrogens (tertiary/aromatic N) is 2. The van der Waals surface area contributed by atoms with Gasteiger partial charge in [0.1, 0.15) is 0 Å². The van der Waals surface area contributed by atoms with Crippen LogP contribution in [-0.2, 0) is 5.33 Å². The van der Waals surface area contributed by atoms with Gasteiger partial charge in [0.25, 0.3) is 0 Å². The van der Waals surface area contributed by atoms with Gasteiger partial charge in [-0.1, -0.05) is 31.9 Å². The Hall–Kier alpha value is -0.610. The van der Waals surface area contributed by atoms with Gasteiger partial charge in [0, 0.05) is 21.7 Å². The van der Waals surface area contributed by atoms with Crippen molar-refractivity contribution < 1.29 is 0 Å². The number of hydrogen-bond acceptors (Lipinski definition) is 1. The molecule has 0 aliphatic rings. The van der Waals surface area contributed by atoms with Crippen LogP contribution in [0.3, 0.4) is 0 Å². The van der Waals surface area contributed by atoms with E-state index >= 15 is 0 Å². The zero-order valence-corrected chi connectivity index (χ0v) is 11.4. The summed E-state index contributed by atoms with van der Waals surface area (Å²) in [5, 5.41) is 0.785. The van der Waals surface area contributed by atoms with Crippen molar-refractivity contribution in [2.75, 3.05) is 0 Å². The molecule has 1 heterocycles. The molecule has 0 radical (unpaired) electrons. The molecule has 0 saturated heterocycles. The molecule has 0 atom stereocenters. The van der Waals surface area contributed by atoms with E-state index in [4.69, 9.17) is 0 Å². The van der Waals surface area contributed by atoms with Gasteiger partial charge in [0.15, 0.2) is 0 Å². The van der Waals surface area contributed by atoms with Crippen LogP contribution in [0.2, 0.25) is 0 Å². The molecule has 4 heteroatoms. The predicted octanol–water partition coefficient (Wildman–Crippen LogP) is 3.84. The Morgan fingerprint density at radius 2 is 2.13 bits per heavy atom. The first-order chi connectivity index (χ1) is 7.19. The molecule has 15 heavy (non-hydrogen) atoms. The minimum Gasteiger partial charge on any atom is -0.306 e. The van der Waals surface area contributed by atoms with E-state index < -0.39 is 0 Å². The van der Waals surface area contributed by atoms with Crippen LogP contribution in [0.15, 0.2) is 35.2 Å². The topological polar surface area (TPSA) is 17.8 Å². The number of alkyl halides is 1. The molecule has 78 valence electrons. The molecule has 0 spiro atoms. The third kappa shape index (κ3) is 2.49. The highest BCUT2D eigenvalue weighted by atomic mass is 79.9. The van der Waals surface area contributed by atoms with Crippen LogP contribution in [0.1, 0.15) is 11.3 Å². The first-order valence-electron chi connectivity index (χ1n) is 4.55. The van der Waals surface area contributed by atoms with Crippen molar-refractivity contribution in [2.24, 2.45) is 0 Å². The molecule has 0 unspecified atom stereocenters. The lowest BCUT2D eigenvalue weighted by Crippen LogP contribution is -1.90. The zero-order valence-electron chi connectivity index (χ0n) is 8.24. The first kappa shape index (κ1) is 10.9. The first-order valence-corrected chi connectivity index (χ1v) is 6.47. The molecule has 0 aliphatic carbocycles. The third-order valence-corrected chi connectivity index (χ3v) is 3.13. The monoisotopic (exact) mass is 328 g/mol. The van der Waals surface area contributed by atoms with Crippen LogP contribution in [0.4, 0.5) is 0 Å². The fraction of sp³-hybridized carbons (Fsp3) is 0.182. The molecule has 1 aromatic carbocycles. The molecule has 0 amide bonds. The average molecular weight is 330 g/mol. The number of imidazole rings is 1. The number of aryl methyl sites for hydroxylation is 1. The van der Waals surface area contributed by atoms with Crippen LogP contribution in [0.5, 0.6) is 0 Å². The molecule has 0 saturated carbocycles. The van der Waals surface area contributed by atoms with E-state index in [0.29, 0.717) is 0 Å². The fourth-order valence-electron chi connectivity index (χ4n) is 1.44. The lowest BCUT2D eigenvalue weighted by Gasteiger charge is -2.04. The molecular formula is C11H10Br2N2. The van der Waals surface area contributed by atoms with Crippen molar-refractivity contribution in [1.82, 2.24) is 9.55 Å². The molecule has 1 aromatic heterocycles. The van der Waals surface area contributed by atoms with Gasteiger partial charge in [-0.15, -0.1) is 0 Å². The average Bonchev–Trinajstić information content (AvgIpc) is 2.64. The Morgan fingerprint density at radius 3 is 2.73 bits per heavy atom. The van der Waals surface area contributed by atoms with E-state index in [-0.39, 0.29) is 0 Å². The number of hydrogen-bond donors (Lipinski definition) is 0. The van der Waals surface area contributed by atoms with Gasteiger partial charge < -0.3 is 4.57 Å².